The van der Waals surface area contributed by atoms with Crippen LogP contribution in [0.1, 0.15) is 56.9 Å². The maximum Gasteiger partial charge on any atom is 0.168 e. The zero-order chi connectivity index (χ0) is 18.6. The van der Waals surface area contributed by atoms with Crippen LogP contribution < -0.4 is 9.64 Å². The molecule has 4 rings (SSSR count). The van der Waals surface area contributed by atoms with Crippen LogP contribution in [0, 0.1) is 0 Å². The van der Waals surface area contributed by atoms with E-state index in [1.165, 1.54) is 31.4 Å². The summed E-state index contributed by atoms with van der Waals surface area (Å²) in [5.41, 5.74) is 1.23. The van der Waals surface area contributed by atoms with E-state index in [9.17, 15) is 0 Å². The molecule has 28 heavy (non-hydrogen) atoms. The van der Waals surface area contributed by atoms with Crippen molar-refractivity contribution < 1.29 is 4.74 Å². The highest BCUT2D eigenvalue weighted by Crippen LogP contribution is 2.33. The van der Waals surface area contributed by atoms with E-state index >= 15 is 0 Å². The minimum atomic E-state index is 0. The van der Waals surface area contributed by atoms with Gasteiger partial charge in [-0.15, -0.1) is 17.5 Å². The molecule has 0 N–H and O–H groups in total. The van der Waals surface area contributed by atoms with Gasteiger partial charge in [0.25, 0.3) is 0 Å². The summed E-state index contributed by atoms with van der Waals surface area (Å²) in [5.74, 6) is 1.97. The summed E-state index contributed by atoms with van der Waals surface area (Å²) < 4.78 is 7.49. The number of piperazine rings is 1. The molecule has 0 radical (unpaired) electrons. The maximum absolute atomic E-state index is 5.37. The van der Waals surface area contributed by atoms with E-state index in [-0.39, 0.29) is 12.4 Å². The number of hydrogen-bond acceptors (Lipinski definition) is 6. The molecule has 8 heteroatoms. The van der Waals surface area contributed by atoms with Crippen molar-refractivity contribution in [3.8, 4) is 5.75 Å². The minimum absolute atomic E-state index is 0. The van der Waals surface area contributed by atoms with Crippen molar-refractivity contribution in [3.05, 3.63) is 30.1 Å². The van der Waals surface area contributed by atoms with Gasteiger partial charge in [-0.25, -0.2) is 4.68 Å². The van der Waals surface area contributed by atoms with Crippen molar-refractivity contribution in [2.24, 2.45) is 0 Å². The molecule has 0 amide bonds. The zero-order valence-corrected chi connectivity index (χ0v) is 17.6. The fraction of sp³-hybridized carbons (Fsp3) is 0.650. The summed E-state index contributed by atoms with van der Waals surface area (Å²) >= 11 is 0. The standard InChI is InChI=1S/C20H30N6O.ClH/c1-3-19(20-21-22-23-26(20)16-7-4-5-8-16)25-13-11-24(12-14-25)17-9-6-10-18(15-17)27-2;/h6,9-10,15-16,19H,3-5,7-8,11-14H2,1-2H3;1H. The van der Waals surface area contributed by atoms with Gasteiger partial charge >= 0.3 is 0 Å². The molecule has 1 aromatic carbocycles. The molecule has 7 nitrogen and oxygen atoms in total. The first-order valence-corrected chi connectivity index (χ1v) is 10.2. The number of halogens is 1. The molecule has 2 heterocycles. The van der Waals surface area contributed by atoms with Crippen LogP contribution in [-0.2, 0) is 0 Å². The van der Waals surface area contributed by atoms with Gasteiger partial charge in [0.15, 0.2) is 5.82 Å². The van der Waals surface area contributed by atoms with Crippen molar-refractivity contribution in [2.45, 2.75) is 51.1 Å². The number of ether oxygens (including phenoxy) is 1. The van der Waals surface area contributed by atoms with Crippen LogP contribution in [0.4, 0.5) is 5.69 Å². The van der Waals surface area contributed by atoms with E-state index in [1.54, 1.807) is 7.11 Å². The quantitative estimate of drug-likeness (QED) is 0.731. The fourth-order valence-electron chi connectivity index (χ4n) is 4.53. The minimum Gasteiger partial charge on any atom is -0.497 e. The Hall–Kier alpha value is -1.86. The molecule has 2 aliphatic rings. The molecular formula is C20H31ClN6O. The van der Waals surface area contributed by atoms with Crippen molar-refractivity contribution >= 4 is 18.1 Å². The summed E-state index contributed by atoms with van der Waals surface area (Å²) in [6, 6.07) is 9.13. The van der Waals surface area contributed by atoms with Gasteiger partial charge in [0.2, 0.25) is 0 Å². The predicted molar refractivity (Wildman–Crippen MR) is 112 cm³/mol. The van der Waals surface area contributed by atoms with Gasteiger partial charge in [0, 0.05) is 37.9 Å². The van der Waals surface area contributed by atoms with Crippen molar-refractivity contribution in [2.75, 3.05) is 38.2 Å². The zero-order valence-electron chi connectivity index (χ0n) is 16.8. The molecule has 1 atom stereocenters. The summed E-state index contributed by atoms with van der Waals surface area (Å²) in [7, 11) is 1.72. The van der Waals surface area contributed by atoms with Crippen molar-refractivity contribution in [1.29, 1.82) is 0 Å². The fourth-order valence-corrected chi connectivity index (χ4v) is 4.53. The molecule has 0 spiro atoms. The van der Waals surface area contributed by atoms with Crippen LogP contribution >= 0.6 is 12.4 Å². The Morgan fingerprint density at radius 1 is 1.14 bits per heavy atom. The summed E-state index contributed by atoms with van der Waals surface area (Å²) in [6.07, 6.45) is 6.03. The van der Waals surface area contributed by atoms with Gasteiger partial charge < -0.3 is 9.64 Å². The second-order valence-corrected chi connectivity index (χ2v) is 7.57. The molecule has 1 aliphatic heterocycles. The highest BCUT2D eigenvalue weighted by atomic mass is 35.5. The average Bonchev–Trinajstić information content (AvgIpc) is 3.41. The Bertz CT molecular complexity index is 740. The number of hydrogen-bond donors (Lipinski definition) is 0. The summed E-state index contributed by atoms with van der Waals surface area (Å²) in [4.78, 5) is 4.99. The second-order valence-electron chi connectivity index (χ2n) is 7.57. The van der Waals surface area contributed by atoms with Crippen LogP contribution in [0.3, 0.4) is 0 Å². The second kappa shape index (κ2) is 9.56. The predicted octanol–water partition coefficient (Wildman–Crippen LogP) is 3.49. The highest BCUT2D eigenvalue weighted by molar-refractivity contribution is 5.85. The largest absolute Gasteiger partial charge is 0.497 e. The maximum atomic E-state index is 5.37. The molecule has 0 bridgehead atoms. The van der Waals surface area contributed by atoms with Gasteiger partial charge in [-0.05, 0) is 41.8 Å². The molecule has 1 aromatic heterocycles. The third kappa shape index (κ3) is 4.25. The van der Waals surface area contributed by atoms with E-state index in [1.807, 2.05) is 6.07 Å². The monoisotopic (exact) mass is 406 g/mol. The number of benzene rings is 1. The third-order valence-corrected chi connectivity index (χ3v) is 6.05. The van der Waals surface area contributed by atoms with E-state index in [0.717, 1.165) is 44.2 Å². The normalized spacial score (nSPS) is 19.4. The Morgan fingerprint density at radius 3 is 2.57 bits per heavy atom. The molecule has 1 saturated carbocycles. The van der Waals surface area contributed by atoms with Gasteiger partial charge in [-0.1, -0.05) is 25.8 Å². The van der Waals surface area contributed by atoms with E-state index in [2.05, 4.69) is 55.1 Å². The van der Waals surface area contributed by atoms with E-state index < -0.39 is 0 Å². The lowest BCUT2D eigenvalue weighted by Gasteiger charge is -2.39. The number of tetrazole rings is 1. The van der Waals surface area contributed by atoms with Crippen LogP contribution in [0.2, 0.25) is 0 Å². The number of anilines is 1. The SMILES string of the molecule is CCC(c1nnnn1C1CCCC1)N1CCN(c2cccc(OC)c2)CC1.Cl. The van der Waals surface area contributed by atoms with Crippen LogP contribution in [0.15, 0.2) is 24.3 Å². The lowest BCUT2D eigenvalue weighted by Crippen LogP contribution is -2.48. The number of methoxy groups -OCH3 is 1. The van der Waals surface area contributed by atoms with Gasteiger partial charge in [0.05, 0.1) is 19.2 Å². The number of aromatic nitrogens is 4. The van der Waals surface area contributed by atoms with E-state index in [4.69, 9.17) is 4.74 Å². The van der Waals surface area contributed by atoms with Crippen LogP contribution in [-0.4, -0.2) is 58.4 Å². The first kappa shape index (κ1) is 20.9. The van der Waals surface area contributed by atoms with Crippen molar-refractivity contribution in [1.82, 2.24) is 25.1 Å². The Balaban J connectivity index is 0.00000225. The average molecular weight is 407 g/mol. The third-order valence-electron chi connectivity index (χ3n) is 6.05. The summed E-state index contributed by atoms with van der Waals surface area (Å²) in [5, 5.41) is 12.8. The first-order valence-electron chi connectivity index (χ1n) is 10.2. The van der Waals surface area contributed by atoms with Gasteiger partial charge in [-0.3, -0.25) is 4.90 Å². The Morgan fingerprint density at radius 2 is 1.89 bits per heavy atom. The molecular weight excluding hydrogens is 376 g/mol. The first-order chi connectivity index (χ1) is 13.3. The topological polar surface area (TPSA) is 59.3 Å². The molecule has 1 saturated heterocycles. The molecule has 1 aliphatic carbocycles. The number of nitrogens with zero attached hydrogens (tertiary/aromatic N) is 6. The summed E-state index contributed by atoms with van der Waals surface area (Å²) in [6.45, 7) is 6.30. The van der Waals surface area contributed by atoms with Gasteiger partial charge in [0.1, 0.15) is 5.75 Å². The Labute approximate surface area is 173 Å². The van der Waals surface area contributed by atoms with Crippen LogP contribution in [0.25, 0.3) is 0 Å². The van der Waals surface area contributed by atoms with E-state index in [0.29, 0.717) is 12.1 Å². The number of rotatable bonds is 6. The molecule has 2 aromatic rings. The molecule has 154 valence electrons. The highest BCUT2D eigenvalue weighted by Gasteiger charge is 2.30. The lowest BCUT2D eigenvalue weighted by atomic mass is 10.1. The van der Waals surface area contributed by atoms with Crippen molar-refractivity contribution in [3.63, 3.8) is 0 Å². The lowest BCUT2D eigenvalue weighted by molar-refractivity contribution is 0.166. The Kier molecular flexibility index (Phi) is 7.13. The van der Waals surface area contributed by atoms with Gasteiger partial charge in [-0.2, -0.15) is 0 Å². The van der Waals surface area contributed by atoms with Crippen LogP contribution in [0.5, 0.6) is 5.75 Å². The molecule has 2 fully saturated rings. The smallest absolute Gasteiger partial charge is 0.168 e. The molecule has 1 unspecified atom stereocenters.